The third kappa shape index (κ3) is 7.84. The molecule has 6 saturated carbocycles. The molecule has 0 aromatic heterocycles. The molecular formula is C53H88O3S. The maximum atomic E-state index is 13.6. The number of fused-ring (bicyclic) bond motifs is 10. The van der Waals surface area contributed by atoms with Gasteiger partial charge in [-0.15, -0.1) is 0 Å². The zero-order valence-electron chi connectivity index (χ0n) is 38.7. The molecular weight excluding hydrogens is 717 g/mol. The average Bonchev–Trinajstić information content (AvgIpc) is 3.71. The van der Waals surface area contributed by atoms with Crippen LogP contribution in [0.2, 0.25) is 0 Å². The first kappa shape index (κ1) is 43.2. The molecule has 8 aliphatic carbocycles. The minimum atomic E-state index is -1.68. The van der Waals surface area contributed by atoms with Gasteiger partial charge in [-0.25, -0.2) is 0 Å². The summed E-state index contributed by atoms with van der Waals surface area (Å²) in [5, 5.41) is 0. The molecule has 8 rings (SSSR count). The molecule has 324 valence electrons. The van der Waals surface area contributed by atoms with Gasteiger partial charge in [-0.2, -0.15) is 4.21 Å². The summed E-state index contributed by atoms with van der Waals surface area (Å²) in [6.45, 7) is 25.4. The molecule has 0 aliphatic heterocycles. The first-order valence-electron chi connectivity index (χ1n) is 25.2. The summed E-state index contributed by atoms with van der Waals surface area (Å²) in [4.78, 5) is 0. The molecule has 0 saturated heterocycles. The Morgan fingerprint density at radius 1 is 0.561 bits per heavy atom. The van der Waals surface area contributed by atoms with Gasteiger partial charge in [0.1, 0.15) is 0 Å². The predicted molar refractivity (Wildman–Crippen MR) is 239 cm³/mol. The summed E-state index contributed by atoms with van der Waals surface area (Å²) < 4.78 is 26.3. The lowest BCUT2D eigenvalue weighted by Crippen LogP contribution is -2.51. The molecule has 0 N–H and O–H groups in total. The lowest BCUT2D eigenvalue weighted by molar-refractivity contribution is -0.0581. The van der Waals surface area contributed by atoms with E-state index in [0.29, 0.717) is 10.8 Å². The van der Waals surface area contributed by atoms with Crippen molar-refractivity contribution in [2.75, 3.05) is 0 Å². The van der Waals surface area contributed by atoms with Crippen LogP contribution in [0.5, 0.6) is 0 Å². The van der Waals surface area contributed by atoms with Gasteiger partial charge in [0.05, 0.1) is 12.2 Å². The zero-order valence-corrected chi connectivity index (χ0v) is 39.5. The van der Waals surface area contributed by atoms with Crippen molar-refractivity contribution in [3.63, 3.8) is 0 Å². The largest absolute Gasteiger partial charge is 0.305 e. The Hall–Kier alpha value is -0.450. The van der Waals surface area contributed by atoms with Crippen LogP contribution in [0.25, 0.3) is 0 Å². The van der Waals surface area contributed by atoms with E-state index >= 15 is 0 Å². The molecule has 0 unspecified atom stereocenters. The van der Waals surface area contributed by atoms with Crippen molar-refractivity contribution in [1.82, 2.24) is 0 Å². The Morgan fingerprint density at radius 2 is 1.02 bits per heavy atom. The summed E-state index contributed by atoms with van der Waals surface area (Å²) in [6.07, 6.45) is 32.6. The Balaban J connectivity index is 0.843. The molecule has 0 aromatic carbocycles. The molecule has 3 nitrogen and oxygen atoms in total. The molecule has 0 aromatic rings. The van der Waals surface area contributed by atoms with Crippen molar-refractivity contribution in [2.45, 2.75) is 216 Å². The molecule has 0 bridgehead atoms. The lowest BCUT2D eigenvalue weighted by atomic mass is 9.47. The molecule has 0 amide bonds. The van der Waals surface area contributed by atoms with Crippen molar-refractivity contribution >= 4 is 11.4 Å². The fourth-order valence-electron chi connectivity index (χ4n) is 17.5. The lowest BCUT2D eigenvalue weighted by Gasteiger charge is -2.58. The summed E-state index contributed by atoms with van der Waals surface area (Å²) in [6, 6.07) is 0. The van der Waals surface area contributed by atoms with Crippen LogP contribution in [-0.2, 0) is 19.7 Å². The second-order valence-electron chi connectivity index (χ2n) is 24.4. The molecule has 57 heavy (non-hydrogen) atoms. The van der Waals surface area contributed by atoms with E-state index in [1.165, 1.54) is 109 Å². The Morgan fingerprint density at radius 3 is 1.47 bits per heavy atom. The van der Waals surface area contributed by atoms with Gasteiger partial charge in [0.25, 0.3) is 0 Å². The maximum absolute atomic E-state index is 13.6. The highest BCUT2D eigenvalue weighted by molar-refractivity contribution is 7.75. The molecule has 6 fully saturated rings. The SMILES string of the molecule is CC(C)CCC[C@H](C)[C@@H]1CC[C@@H]2[C@@H]3CC=C4C[C@@H](O[S@](=O)O[C@@H]5CC[C@]6(C)C(=CC[C@H]7[C@@H]8CC[C@@H]([C@H](C)CCC(C)C)[C@@]8(C)CC[C@@H]76)C5)CC[C@]4(C)[C@@H]3CC[C@@]21C. The third-order valence-corrected chi connectivity index (χ3v) is 21.6. The summed E-state index contributed by atoms with van der Waals surface area (Å²) in [5.41, 5.74) is 4.87. The van der Waals surface area contributed by atoms with Gasteiger partial charge in [-0.3, -0.25) is 8.37 Å². The van der Waals surface area contributed by atoms with Crippen LogP contribution in [0.4, 0.5) is 0 Å². The maximum Gasteiger partial charge on any atom is 0.305 e. The third-order valence-electron chi connectivity index (χ3n) is 20.7. The van der Waals surface area contributed by atoms with Gasteiger partial charge in [0.2, 0.25) is 0 Å². The molecule has 0 radical (unpaired) electrons. The van der Waals surface area contributed by atoms with E-state index in [9.17, 15) is 4.21 Å². The highest BCUT2D eigenvalue weighted by Gasteiger charge is 2.61. The zero-order chi connectivity index (χ0) is 40.5. The number of allylic oxidation sites excluding steroid dienone is 2. The second kappa shape index (κ2) is 16.7. The van der Waals surface area contributed by atoms with Crippen LogP contribution in [0.3, 0.4) is 0 Å². The van der Waals surface area contributed by atoms with E-state index in [1.54, 1.807) is 11.1 Å². The van der Waals surface area contributed by atoms with Crippen molar-refractivity contribution in [3.05, 3.63) is 23.3 Å². The van der Waals surface area contributed by atoms with Crippen molar-refractivity contribution in [2.24, 2.45) is 92.7 Å². The first-order chi connectivity index (χ1) is 27.1. The van der Waals surface area contributed by atoms with E-state index in [-0.39, 0.29) is 23.0 Å². The van der Waals surface area contributed by atoms with Crippen LogP contribution < -0.4 is 0 Å². The van der Waals surface area contributed by atoms with Gasteiger partial charge >= 0.3 is 11.4 Å². The van der Waals surface area contributed by atoms with Gasteiger partial charge in [0.15, 0.2) is 0 Å². The fourth-order valence-corrected chi connectivity index (χ4v) is 18.3. The minimum Gasteiger partial charge on any atom is -0.265 e. The number of hydrogen-bond acceptors (Lipinski definition) is 3. The van der Waals surface area contributed by atoms with Crippen LogP contribution in [0.1, 0.15) is 204 Å². The normalized spacial score (nSPS) is 46.8. The van der Waals surface area contributed by atoms with E-state index in [2.05, 4.69) is 81.4 Å². The highest BCUT2D eigenvalue weighted by Crippen LogP contribution is 2.69. The topological polar surface area (TPSA) is 35.5 Å². The minimum absolute atomic E-state index is 0.0152. The highest BCUT2D eigenvalue weighted by atomic mass is 32.2. The van der Waals surface area contributed by atoms with Crippen molar-refractivity contribution in [3.8, 4) is 0 Å². The number of hydrogen-bond donors (Lipinski definition) is 0. The van der Waals surface area contributed by atoms with Gasteiger partial charge in [-0.05, 0) is 195 Å². The first-order valence-corrected chi connectivity index (χ1v) is 26.2. The second-order valence-corrected chi connectivity index (χ2v) is 25.1. The van der Waals surface area contributed by atoms with Crippen molar-refractivity contribution < 1.29 is 12.6 Å². The Kier molecular flexibility index (Phi) is 12.6. The smallest absolute Gasteiger partial charge is 0.265 e. The van der Waals surface area contributed by atoms with Crippen LogP contribution >= 0.6 is 0 Å². The van der Waals surface area contributed by atoms with Crippen LogP contribution in [0.15, 0.2) is 23.3 Å². The van der Waals surface area contributed by atoms with E-state index in [4.69, 9.17) is 8.37 Å². The van der Waals surface area contributed by atoms with Gasteiger partial charge in [-0.1, -0.05) is 125 Å². The molecule has 0 heterocycles. The monoisotopic (exact) mass is 805 g/mol. The van der Waals surface area contributed by atoms with E-state index in [1.807, 2.05) is 0 Å². The van der Waals surface area contributed by atoms with Gasteiger partial charge < -0.3 is 0 Å². The molecule has 8 aliphatic rings. The molecule has 4 heteroatoms. The van der Waals surface area contributed by atoms with Crippen LogP contribution in [0, 0.1) is 92.7 Å². The summed E-state index contributed by atoms with van der Waals surface area (Å²) >= 11 is -1.68. The molecule has 17 atom stereocenters. The Labute approximate surface area is 354 Å². The quantitative estimate of drug-likeness (QED) is 0.174. The average molecular weight is 805 g/mol. The summed E-state index contributed by atoms with van der Waals surface area (Å²) in [7, 11) is 0. The number of rotatable bonds is 13. The van der Waals surface area contributed by atoms with Crippen molar-refractivity contribution in [1.29, 1.82) is 0 Å². The fraction of sp³-hybridized carbons (Fsp3) is 0.925. The van der Waals surface area contributed by atoms with Crippen LogP contribution in [-0.4, -0.2) is 16.4 Å². The molecule has 0 spiro atoms. The Bertz CT molecular complexity index is 1510. The van der Waals surface area contributed by atoms with E-state index in [0.717, 1.165) is 96.7 Å². The van der Waals surface area contributed by atoms with Gasteiger partial charge in [0, 0.05) is 0 Å². The standard InChI is InChI=1S/C53H88O3S/c1-34(2)12-11-13-36(5)44-20-22-46-42-18-16-38-32-40(24-28-50(38,7)48(42)26-30-52(44,46)9)55-57(54)56-41-25-29-51(8)39(33-41)17-19-43-47-23-21-45(37(6)15-14-35(3)4)53(47,10)31-27-49(43)51/h16-17,34-37,40-49H,11-15,18-33H2,1-10H3/t36-,37+,40-,41+,42-,43-,44-,45-,46+,47-,48+,49-,50-,51+,52+,53+,57-/m0/s1. The predicted octanol–water partition coefficient (Wildman–Crippen LogP) is 15.0. The summed E-state index contributed by atoms with van der Waals surface area (Å²) in [5.74, 6) is 10.3. The van der Waals surface area contributed by atoms with E-state index < -0.39 is 11.4 Å².